The van der Waals surface area contributed by atoms with E-state index in [1.165, 1.54) is 47.9 Å². The molecule has 108 heavy (non-hydrogen) atoms. The molecule has 0 unspecified atom stereocenters. The number of benzene rings is 2. The summed E-state index contributed by atoms with van der Waals surface area (Å²) in [6.07, 6.45) is -0.796. The van der Waals surface area contributed by atoms with Gasteiger partial charge in [0.05, 0.1) is 18.6 Å². The van der Waals surface area contributed by atoms with Crippen LogP contribution in [0.1, 0.15) is 136 Å². The number of nitrogens with one attached hydrogen (secondary N) is 9. The SMILES string of the molecule is CC[C@H](C)[C@H](NC(=O)[C@@H]1CCCN1C(=O)[C@H](CCC(=O)O)NC(=O)[C@@H]1CCCN1C(=O)[C@@H](NC(=O)[C@H](CCCN=C(N)N)NC(=O)[C@@H](NC(=O)[C@@H](N)CC(N)=O)[C@@H](C)O)[C@@H](C)CC)C(=O)N[C@@H](CCCN=C(N)N)C(=O)N[C@@H](Cc1ccccc1)C(=O)N[C@@H](Cc1ccc(O)cc1)C(=O)N[C@@H](CCSC)C(=O)O. The van der Waals surface area contributed by atoms with Crippen LogP contribution in [0.25, 0.3) is 0 Å². The highest BCUT2D eigenvalue weighted by Gasteiger charge is 2.45. The van der Waals surface area contributed by atoms with E-state index in [4.69, 9.17) is 34.4 Å². The van der Waals surface area contributed by atoms with Gasteiger partial charge in [0.25, 0.3) is 0 Å². The van der Waals surface area contributed by atoms with Gasteiger partial charge in [0.2, 0.25) is 70.9 Å². The Kier molecular flexibility index (Phi) is 37.8. The summed E-state index contributed by atoms with van der Waals surface area (Å²) in [5.41, 5.74) is 34.2. The minimum absolute atomic E-state index is 0.0160. The molecule has 0 radical (unpaired) electrons. The van der Waals surface area contributed by atoms with E-state index in [2.05, 4.69) is 57.8 Å². The Balaban J connectivity index is 1.62. The van der Waals surface area contributed by atoms with Gasteiger partial charge in [-0.25, -0.2) is 4.79 Å². The van der Waals surface area contributed by atoms with Crippen molar-refractivity contribution >= 4 is 107 Å². The summed E-state index contributed by atoms with van der Waals surface area (Å²) in [6, 6.07) is -3.04. The zero-order valence-corrected chi connectivity index (χ0v) is 62.7. The second-order valence-corrected chi connectivity index (χ2v) is 28.0. The first kappa shape index (κ1) is 90.0. The lowest BCUT2D eigenvalue weighted by molar-refractivity contribution is -0.146. The van der Waals surface area contributed by atoms with Gasteiger partial charge in [-0.1, -0.05) is 83.0 Å². The number of nitrogens with two attached hydrogens (primary N) is 6. The topological polar surface area (TPSA) is 615 Å². The van der Waals surface area contributed by atoms with Crippen LogP contribution in [0, 0.1) is 11.8 Å². The van der Waals surface area contributed by atoms with Crippen LogP contribution in [0.5, 0.6) is 5.75 Å². The van der Waals surface area contributed by atoms with Gasteiger partial charge in [-0.15, -0.1) is 0 Å². The first-order chi connectivity index (χ1) is 51.1. The number of hydrogen-bond donors (Lipinski definition) is 19. The van der Waals surface area contributed by atoms with E-state index in [9.17, 15) is 87.5 Å². The first-order valence-corrected chi connectivity index (χ1v) is 37.4. The summed E-state index contributed by atoms with van der Waals surface area (Å²) in [4.78, 5) is 205. The highest BCUT2D eigenvalue weighted by atomic mass is 32.2. The lowest BCUT2D eigenvalue weighted by Crippen LogP contribution is -2.62. The number of aromatic hydroxyl groups is 1. The number of carbonyl (C=O) groups excluding carboxylic acids is 12. The molecule has 2 fully saturated rings. The minimum atomic E-state index is -1.71. The molecule has 0 aliphatic carbocycles. The largest absolute Gasteiger partial charge is 0.508 e. The number of phenols is 1. The lowest BCUT2D eigenvalue weighted by Gasteiger charge is -2.34. The van der Waals surface area contributed by atoms with Crippen molar-refractivity contribution in [3.63, 3.8) is 0 Å². The fourth-order valence-corrected chi connectivity index (χ4v) is 12.6. The highest BCUT2D eigenvalue weighted by Crippen LogP contribution is 2.25. The van der Waals surface area contributed by atoms with E-state index in [0.717, 1.165) is 4.90 Å². The number of carboxylic acids is 2. The number of phenolic OH excluding ortho intramolecular Hbond substituents is 1. The Morgan fingerprint density at radius 2 is 0.963 bits per heavy atom. The van der Waals surface area contributed by atoms with Gasteiger partial charge in [-0.3, -0.25) is 72.3 Å². The molecular formula is C70H109N19O18S. The second kappa shape index (κ2) is 45.3. The summed E-state index contributed by atoms with van der Waals surface area (Å²) in [5, 5.41) is 64.1. The van der Waals surface area contributed by atoms with Crippen LogP contribution in [0.4, 0.5) is 0 Å². The van der Waals surface area contributed by atoms with Gasteiger partial charge < -0.3 is 112 Å². The van der Waals surface area contributed by atoms with E-state index in [1.54, 1.807) is 64.3 Å². The smallest absolute Gasteiger partial charge is 0.326 e. The number of primary amides is 1. The van der Waals surface area contributed by atoms with Crippen LogP contribution >= 0.6 is 11.8 Å². The number of guanidine groups is 2. The summed E-state index contributed by atoms with van der Waals surface area (Å²) in [7, 11) is 0. The first-order valence-electron chi connectivity index (χ1n) is 36.0. The molecule has 0 aromatic heterocycles. The van der Waals surface area contributed by atoms with Gasteiger partial charge >= 0.3 is 11.9 Å². The van der Waals surface area contributed by atoms with Crippen molar-refractivity contribution in [2.24, 2.45) is 56.2 Å². The maximum absolute atomic E-state index is 14.9. The van der Waals surface area contributed by atoms with Crippen LogP contribution in [-0.2, 0) is 80.0 Å². The number of carbonyl (C=O) groups is 14. The Bertz CT molecular complexity index is 3470. The number of aliphatic carboxylic acids is 2. The van der Waals surface area contributed by atoms with Gasteiger partial charge in [-0.05, 0) is 118 Å². The monoisotopic (exact) mass is 1540 g/mol. The maximum atomic E-state index is 14.9. The molecule has 38 heteroatoms. The molecule has 37 nitrogen and oxygen atoms in total. The predicted octanol–water partition coefficient (Wildman–Crippen LogP) is -3.99. The van der Waals surface area contributed by atoms with Crippen molar-refractivity contribution in [3.05, 3.63) is 65.7 Å². The average Bonchev–Trinajstić information content (AvgIpc) is 1.61. The summed E-state index contributed by atoms with van der Waals surface area (Å²) in [6.45, 7) is 7.84. The van der Waals surface area contributed by atoms with E-state index in [-0.39, 0.29) is 127 Å². The van der Waals surface area contributed by atoms with Crippen molar-refractivity contribution in [1.29, 1.82) is 0 Å². The zero-order chi connectivity index (χ0) is 80.5. The molecule has 2 aliphatic rings. The quantitative estimate of drug-likeness (QED) is 0.0171. The van der Waals surface area contributed by atoms with Crippen molar-refractivity contribution < 1.29 is 87.5 Å². The number of aliphatic imine (C=N–C) groups is 2. The Morgan fingerprint density at radius 1 is 0.519 bits per heavy atom. The molecule has 0 bridgehead atoms. The van der Waals surface area contributed by atoms with E-state index >= 15 is 0 Å². The molecule has 2 saturated heterocycles. The molecule has 2 aliphatic heterocycles. The summed E-state index contributed by atoms with van der Waals surface area (Å²) in [5.74, 6) is -14.8. The molecule has 0 spiro atoms. The van der Waals surface area contributed by atoms with Crippen molar-refractivity contribution in [1.82, 2.24) is 57.7 Å². The van der Waals surface area contributed by atoms with Crippen molar-refractivity contribution in [2.75, 3.05) is 38.2 Å². The molecule has 25 N–H and O–H groups in total. The lowest BCUT2D eigenvalue weighted by atomic mass is 9.96. The average molecular weight is 1540 g/mol. The van der Waals surface area contributed by atoms with Crippen LogP contribution in [0.3, 0.4) is 0 Å². The number of amides is 12. The van der Waals surface area contributed by atoms with Gasteiger partial charge in [0.1, 0.15) is 72.2 Å². The molecular weight excluding hydrogens is 1430 g/mol. The normalized spacial score (nSPS) is 17.6. The molecule has 0 saturated carbocycles. The molecule has 598 valence electrons. The number of aliphatic hydroxyl groups excluding tert-OH is 1. The van der Waals surface area contributed by atoms with Gasteiger partial charge in [0, 0.05) is 45.4 Å². The minimum Gasteiger partial charge on any atom is -0.508 e. The Morgan fingerprint density at radius 3 is 1.44 bits per heavy atom. The molecule has 12 amide bonds. The fourth-order valence-electron chi connectivity index (χ4n) is 12.2. The number of hydrogen-bond acceptors (Lipinski definition) is 20. The highest BCUT2D eigenvalue weighted by molar-refractivity contribution is 7.98. The standard InChI is InChI=1S/C70H109N19O18S/c1-7-37(3)54(64(102)79-44(18-12-29-77-69(73)74)58(96)83-48(34-40-16-10-9-11-17-40)61(99)84-49(35-41-22-24-42(91)25-23-41)60(98)82-47(68(106)107)28-33-108-6)85-63(101)51-21-14-31-88(51)66(104)46(26-27-53(93)94)81-62(100)50-20-15-32-89(50)67(105)55(38(4)8-2)86-59(97)45(19-13-30-78-70(75)76)80-65(103)56(39(5)90)87-57(95)43(71)36-52(72)92/h9-11,16-17,22-25,37-39,43-51,54-56,90-91H,7-8,12-15,18-21,26-36,71H2,1-6H3,(H2,72,92)(H,79,102)(H,80,103)(H,81,100)(H,82,98)(H,83,96)(H,84,99)(H,85,101)(H,86,97)(H,87,95)(H,93,94)(H,106,107)(H4,73,74,77)(H4,75,76,78)/t37-,38-,39+,43-,44-,45-,46-,47-,48-,49-,50-,51-,54-,55-,56-/m0/s1. The molecule has 2 heterocycles. The number of carboxylic acid groups (broad SMARTS) is 2. The van der Waals surface area contributed by atoms with Crippen molar-refractivity contribution in [2.45, 2.75) is 216 Å². The third-order valence-corrected chi connectivity index (χ3v) is 19.3. The van der Waals surface area contributed by atoms with Crippen LogP contribution in [-0.4, -0.2) is 242 Å². The van der Waals surface area contributed by atoms with Gasteiger partial charge in [-0.2, -0.15) is 11.8 Å². The van der Waals surface area contributed by atoms with Crippen LogP contribution in [0.15, 0.2) is 64.6 Å². The number of rotatable bonds is 46. The second-order valence-electron chi connectivity index (χ2n) is 27.0. The number of aliphatic hydroxyl groups is 1. The summed E-state index contributed by atoms with van der Waals surface area (Å²) >= 11 is 1.36. The Hall–Kier alpha value is -10.4. The molecule has 15 atom stereocenters. The maximum Gasteiger partial charge on any atom is 0.326 e. The third-order valence-electron chi connectivity index (χ3n) is 18.6. The number of nitrogens with zero attached hydrogens (tertiary/aromatic N) is 4. The molecule has 4 rings (SSSR count). The van der Waals surface area contributed by atoms with Crippen molar-refractivity contribution in [3.8, 4) is 5.75 Å². The number of thioether (sulfide) groups is 1. The summed E-state index contributed by atoms with van der Waals surface area (Å²) < 4.78 is 0. The van der Waals surface area contributed by atoms with E-state index < -0.39 is 193 Å². The molecule has 2 aromatic rings. The number of likely N-dealkylation sites (tertiary alicyclic amines) is 2. The van der Waals surface area contributed by atoms with Crippen LogP contribution in [0.2, 0.25) is 0 Å². The fraction of sp³-hybridized carbons (Fsp3) is 0.600. The van der Waals surface area contributed by atoms with Crippen LogP contribution < -0.4 is 82.3 Å². The van der Waals surface area contributed by atoms with E-state index in [1.807, 2.05) is 0 Å². The van der Waals surface area contributed by atoms with E-state index in [0.29, 0.717) is 16.9 Å². The Labute approximate surface area is 631 Å². The zero-order valence-electron chi connectivity index (χ0n) is 61.9. The van der Waals surface area contributed by atoms with Gasteiger partial charge in [0.15, 0.2) is 11.9 Å². The third kappa shape index (κ3) is 29.4. The molecule has 2 aromatic carbocycles. The predicted molar refractivity (Wildman–Crippen MR) is 399 cm³/mol.